The summed E-state index contributed by atoms with van der Waals surface area (Å²) in [5.41, 5.74) is 8.34. The lowest BCUT2D eigenvalue weighted by atomic mass is 9.89. The van der Waals surface area contributed by atoms with E-state index in [0.29, 0.717) is 18.5 Å². The smallest absolute Gasteiger partial charge is 0.242 e. The van der Waals surface area contributed by atoms with E-state index in [1.54, 1.807) is 12.3 Å². The van der Waals surface area contributed by atoms with Gasteiger partial charge in [0.1, 0.15) is 5.76 Å². The van der Waals surface area contributed by atoms with Gasteiger partial charge in [0.05, 0.1) is 12.7 Å². The van der Waals surface area contributed by atoms with Gasteiger partial charge in [-0.15, -0.1) is 0 Å². The maximum Gasteiger partial charge on any atom is 0.242 e. The Kier molecular flexibility index (Phi) is 4.79. The average Bonchev–Trinajstić information content (AvgIpc) is 3.09. The van der Waals surface area contributed by atoms with Crippen LogP contribution in [0.25, 0.3) is 0 Å². The Bertz CT molecular complexity index is 745. The van der Waals surface area contributed by atoms with Crippen LogP contribution in [0.1, 0.15) is 35.6 Å². The number of benzene rings is 1. The van der Waals surface area contributed by atoms with E-state index in [-0.39, 0.29) is 24.0 Å². The first-order valence-electron chi connectivity index (χ1n) is 7.97. The lowest BCUT2D eigenvalue weighted by Crippen LogP contribution is -2.39. The van der Waals surface area contributed by atoms with Gasteiger partial charge in [0.2, 0.25) is 5.91 Å². The minimum atomic E-state index is -0.146. The van der Waals surface area contributed by atoms with Crippen LogP contribution in [0.15, 0.2) is 58.9 Å². The van der Waals surface area contributed by atoms with Crippen LogP contribution in [-0.4, -0.2) is 11.7 Å². The highest BCUT2D eigenvalue weighted by molar-refractivity contribution is 5.92. The van der Waals surface area contributed by atoms with Crippen LogP contribution in [0.4, 0.5) is 0 Å². The molecule has 0 spiro atoms. The van der Waals surface area contributed by atoms with E-state index in [9.17, 15) is 9.59 Å². The van der Waals surface area contributed by atoms with Crippen LogP contribution >= 0.6 is 0 Å². The molecule has 0 bridgehead atoms. The van der Waals surface area contributed by atoms with Gasteiger partial charge in [0, 0.05) is 24.1 Å². The Morgan fingerprint density at radius 3 is 2.71 bits per heavy atom. The molecule has 0 aliphatic heterocycles. The van der Waals surface area contributed by atoms with E-state index in [1.807, 2.05) is 43.3 Å². The second-order valence-electron chi connectivity index (χ2n) is 6.09. The first-order chi connectivity index (χ1) is 11.6. The first-order valence-corrected chi connectivity index (χ1v) is 7.97. The predicted octanol–water partition coefficient (Wildman–Crippen LogP) is 2.78. The standard InChI is InChI=1S/C19H20N2O3/c1-13-4-6-14(7-5-13)9-19(23)21-20-16-10-15(11-17(22)12-16)18-3-2-8-24-18/h2-8,12,15,20H,9-11H2,1H3,(H,21,23)/t15-/m1/s1. The Balaban J connectivity index is 1.54. The average molecular weight is 324 g/mol. The first kappa shape index (κ1) is 16.1. The monoisotopic (exact) mass is 324 g/mol. The van der Waals surface area contributed by atoms with Crippen molar-refractivity contribution >= 4 is 11.7 Å². The van der Waals surface area contributed by atoms with Crippen molar-refractivity contribution in [1.29, 1.82) is 0 Å². The van der Waals surface area contributed by atoms with E-state index < -0.39 is 0 Å². The summed E-state index contributed by atoms with van der Waals surface area (Å²) >= 11 is 0. The van der Waals surface area contributed by atoms with Gasteiger partial charge in [-0.25, -0.2) is 0 Å². The zero-order chi connectivity index (χ0) is 16.9. The number of hydrogen-bond acceptors (Lipinski definition) is 4. The van der Waals surface area contributed by atoms with Gasteiger partial charge in [-0.05, 0) is 31.0 Å². The van der Waals surface area contributed by atoms with Crippen molar-refractivity contribution in [3.63, 3.8) is 0 Å². The zero-order valence-corrected chi connectivity index (χ0v) is 13.5. The number of amides is 1. The number of aryl methyl sites for hydroxylation is 1. The second kappa shape index (κ2) is 7.17. The molecule has 0 saturated heterocycles. The van der Waals surface area contributed by atoms with Crippen molar-refractivity contribution in [2.75, 3.05) is 0 Å². The van der Waals surface area contributed by atoms with Crippen molar-refractivity contribution in [3.8, 4) is 0 Å². The van der Waals surface area contributed by atoms with E-state index in [4.69, 9.17) is 4.42 Å². The van der Waals surface area contributed by atoms with Crippen LogP contribution in [0.5, 0.6) is 0 Å². The fourth-order valence-corrected chi connectivity index (χ4v) is 2.79. The molecule has 5 nitrogen and oxygen atoms in total. The zero-order valence-electron chi connectivity index (χ0n) is 13.5. The Hall–Kier alpha value is -2.82. The molecule has 2 N–H and O–H groups in total. The van der Waals surface area contributed by atoms with E-state index >= 15 is 0 Å². The molecule has 5 heteroatoms. The molecule has 0 fully saturated rings. The molecule has 24 heavy (non-hydrogen) atoms. The van der Waals surface area contributed by atoms with Gasteiger partial charge >= 0.3 is 0 Å². The number of allylic oxidation sites excluding steroid dienone is 2. The van der Waals surface area contributed by atoms with Crippen molar-refractivity contribution in [3.05, 3.63) is 71.3 Å². The molecule has 1 aromatic carbocycles. The maximum atomic E-state index is 12.0. The van der Waals surface area contributed by atoms with Gasteiger partial charge < -0.3 is 9.84 Å². The molecule has 0 radical (unpaired) electrons. The molecule has 0 saturated carbocycles. The molecule has 1 atom stereocenters. The fourth-order valence-electron chi connectivity index (χ4n) is 2.79. The van der Waals surface area contributed by atoms with E-state index in [1.165, 1.54) is 0 Å². The van der Waals surface area contributed by atoms with Crippen molar-refractivity contribution in [2.45, 2.75) is 32.1 Å². The fraction of sp³-hybridized carbons (Fsp3) is 0.263. The highest BCUT2D eigenvalue weighted by Gasteiger charge is 2.24. The molecule has 1 heterocycles. The normalized spacial score (nSPS) is 17.3. The Labute approximate surface area is 140 Å². The number of rotatable bonds is 5. The molecule has 1 aliphatic rings. The van der Waals surface area contributed by atoms with Crippen LogP contribution < -0.4 is 10.9 Å². The molecule has 0 unspecified atom stereocenters. The highest BCUT2D eigenvalue weighted by atomic mass is 16.3. The number of hydrazine groups is 1. The third kappa shape index (κ3) is 4.13. The van der Waals surface area contributed by atoms with Crippen LogP contribution in [0.2, 0.25) is 0 Å². The largest absolute Gasteiger partial charge is 0.469 e. The van der Waals surface area contributed by atoms with Gasteiger partial charge in [-0.3, -0.25) is 15.0 Å². The van der Waals surface area contributed by atoms with Crippen molar-refractivity contribution in [2.24, 2.45) is 0 Å². The second-order valence-corrected chi connectivity index (χ2v) is 6.09. The quantitative estimate of drug-likeness (QED) is 0.830. The van der Waals surface area contributed by atoms with E-state index in [0.717, 1.165) is 16.9 Å². The molecular weight excluding hydrogens is 304 g/mol. The number of ketones is 1. The summed E-state index contributed by atoms with van der Waals surface area (Å²) in [4.78, 5) is 23.9. The molecule has 3 rings (SSSR count). The Morgan fingerprint density at radius 2 is 2.00 bits per heavy atom. The SMILES string of the molecule is Cc1ccc(CC(=O)NNC2=CC(=O)C[C@H](c3ccco3)C2)cc1. The molecule has 124 valence electrons. The molecule has 2 aromatic rings. The number of carbonyl (C=O) groups is 2. The third-order valence-electron chi connectivity index (χ3n) is 4.04. The third-order valence-corrected chi connectivity index (χ3v) is 4.04. The summed E-state index contributed by atoms with van der Waals surface area (Å²) in [6, 6.07) is 11.5. The lowest BCUT2D eigenvalue weighted by molar-refractivity contribution is -0.121. The highest BCUT2D eigenvalue weighted by Crippen LogP contribution is 2.30. The number of nitrogens with one attached hydrogen (secondary N) is 2. The lowest BCUT2D eigenvalue weighted by Gasteiger charge is -2.21. The van der Waals surface area contributed by atoms with Gasteiger partial charge in [0.15, 0.2) is 5.78 Å². The van der Waals surface area contributed by atoms with Crippen molar-refractivity contribution in [1.82, 2.24) is 10.9 Å². The van der Waals surface area contributed by atoms with Crippen LogP contribution in [0.3, 0.4) is 0 Å². The number of carbonyl (C=O) groups excluding carboxylic acids is 2. The van der Waals surface area contributed by atoms with Crippen LogP contribution in [0, 0.1) is 6.92 Å². The maximum absolute atomic E-state index is 12.0. The molecule has 1 aliphatic carbocycles. The molecule has 1 amide bonds. The van der Waals surface area contributed by atoms with Gasteiger partial charge in [-0.1, -0.05) is 29.8 Å². The summed E-state index contributed by atoms with van der Waals surface area (Å²) in [5, 5.41) is 0. The van der Waals surface area contributed by atoms with Gasteiger partial charge in [0.25, 0.3) is 0 Å². The van der Waals surface area contributed by atoms with Crippen molar-refractivity contribution < 1.29 is 14.0 Å². The topological polar surface area (TPSA) is 71.3 Å². The van der Waals surface area contributed by atoms with E-state index in [2.05, 4.69) is 10.9 Å². The predicted molar refractivity (Wildman–Crippen MR) is 89.9 cm³/mol. The summed E-state index contributed by atoms with van der Waals surface area (Å²) in [7, 11) is 0. The number of hydrogen-bond donors (Lipinski definition) is 2. The summed E-state index contributed by atoms with van der Waals surface area (Å²) in [6.07, 6.45) is 4.50. The minimum Gasteiger partial charge on any atom is -0.469 e. The summed E-state index contributed by atoms with van der Waals surface area (Å²) in [5.74, 6) is 0.681. The minimum absolute atomic E-state index is 0.00833. The summed E-state index contributed by atoms with van der Waals surface area (Å²) in [6.45, 7) is 2.01. The Morgan fingerprint density at radius 1 is 1.21 bits per heavy atom. The van der Waals surface area contributed by atoms with Crippen LogP contribution in [-0.2, 0) is 16.0 Å². The molecule has 1 aromatic heterocycles. The van der Waals surface area contributed by atoms with Gasteiger partial charge in [-0.2, -0.15) is 0 Å². The molecular formula is C19H20N2O3. The summed E-state index contributed by atoms with van der Waals surface area (Å²) < 4.78 is 5.39. The number of furan rings is 1.